The van der Waals surface area contributed by atoms with Crippen LogP contribution in [0, 0.1) is 0 Å². The number of rotatable bonds is 4. The van der Waals surface area contributed by atoms with Crippen molar-refractivity contribution in [3.8, 4) is 0 Å². The Morgan fingerprint density at radius 1 is 1.06 bits per heavy atom. The van der Waals surface area contributed by atoms with Gasteiger partial charge in [-0.05, 0) is 12.5 Å². The van der Waals surface area contributed by atoms with E-state index in [0.29, 0.717) is 6.42 Å². The van der Waals surface area contributed by atoms with E-state index in [0.717, 1.165) is 12.1 Å². The zero-order valence-electron chi connectivity index (χ0n) is 9.52. The van der Waals surface area contributed by atoms with E-state index < -0.39 is 24.0 Å². The van der Waals surface area contributed by atoms with Crippen molar-refractivity contribution in [3.63, 3.8) is 0 Å². The number of halogens is 4. The van der Waals surface area contributed by atoms with Gasteiger partial charge in [0.05, 0.1) is 5.56 Å². The largest absolute Gasteiger partial charge is 0.416 e. The lowest BCUT2D eigenvalue weighted by atomic mass is 9.87. The Morgan fingerprint density at radius 2 is 1.59 bits per heavy atom. The summed E-state index contributed by atoms with van der Waals surface area (Å²) < 4.78 is 52.7. The summed E-state index contributed by atoms with van der Waals surface area (Å²) in [5.74, 6) is 0. The Kier molecular flexibility index (Phi) is 4.14. The lowest BCUT2D eigenvalue weighted by molar-refractivity contribution is -0.139. The average Bonchev–Trinajstić information content (AvgIpc) is 2.28. The second-order valence-electron chi connectivity index (χ2n) is 3.96. The maximum atomic E-state index is 14.4. The van der Waals surface area contributed by atoms with E-state index in [1.165, 1.54) is 12.1 Å². The Balaban J connectivity index is 3.29. The standard InChI is InChI=1S/C12H15F4N/c1-2-7-11(13,8-17)9-5-3-4-6-10(9)12(14,15)16/h3-6H,2,7-8,17H2,1H3. The van der Waals surface area contributed by atoms with Crippen molar-refractivity contribution in [2.24, 2.45) is 5.73 Å². The first-order valence-corrected chi connectivity index (χ1v) is 5.41. The third-order valence-electron chi connectivity index (χ3n) is 2.68. The molecule has 0 spiro atoms. The van der Waals surface area contributed by atoms with Gasteiger partial charge in [-0.25, -0.2) is 4.39 Å². The molecule has 0 fully saturated rings. The van der Waals surface area contributed by atoms with Crippen molar-refractivity contribution < 1.29 is 17.6 Å². The molecular weight excluding hydrogens is 234 g/mol. The molecule has 0 aliphatic heterocycles. The molecule has 1 aromatic carbocycles. The fourth-order valence-electron chi connectivity index (χ4n) is 1.86. The molecule has 0 radical (unpaired) electrons. The molecule has 17 heavy (non-hydrogen) atoms. The summed E-state index contributed by atoms with van der Waals surface area (Å²) in [4.78, 5) is 0. The summed E-state index contributed by atoms with van der Waals surface area (Å²) in [7, 11) is 0. The number of hydrogen-bond donors (Lipinski definition) is 1. The molecule has 1 atom stereocenters. The lowest BCUT2D eigenvalue weighted by Crippen LogP contribution is -2.32. The van der Waals surface area contributed by atoms with Crippen LogP contribution in [0.2, 0.25) is 0 Å². The molecule has 0 saturated heterocycles. The summed E-state index contributed by atoms with van der Waals surface area (Å²) in [6, 6.07) is 4.68. The van der Waals surface area contributed by atoms with Crippen LogP contribution in [0.15, 0.2) is 24.3 Å². The molecule has 0 heterocycles. The topological polar surface area (TPSA) is 26.0 Å². The summed E-state index contributed by atoms with van der Waals surface area (Å²) in [6.07, 6.45) is -4.15. The second-order valence-corrected chi connectivity index (χ2v) is 3.96. The molecule has 0 aliphatic rings. The molecule has 0 aliphatic carbocycles. The second kappa shape index (κ2) is 5.04. The van der Waals surface area contributed by atoms with Gasteiger partial charge in [-0.1, -0.05) is 31.5 Å². The van der Waals surface area contributed by atoms with E-state index in [4.69, 9.17) is 5.73 Å². The monoisotopic (exact) mass is 249 g/mol. The van der Waals surface area contributed by atoms with Crippen LogP contribution in [-0.2, 0) is 11.8 Å². The van der Waals surface area contributed by atoms with Gasteiger partial charge in [-0.3, -0.25) is 0 Å². The average molecular weight is 249 g/mol. The first-order valence-electron chi connectivity index (χ1n) is 5.41. The summed E-state index contributed by atoms with van der Waals surface area (Å²) in [5.41, 5.74) is 1.88. The molecule has 0 bridgehead atoms. The van der Waals surface area contributed by atoms with Crippen LogP contribution in [0.5, 0.6) is 0 Å². The molecule has 96 valence electrons. The Bertz CT molecular complexity index is 375. The smallest absolute Gasteiger partial charge is 0.327 e. The summed E-state index contributed by atoms with van der Waals surface area (Å²) >= 11 is 0. The minimum absolute atomic E-state index is 0.0173. The third-order valence-corrected chi connectivity index (χ3v) is 2.68. The zero-order valence-corrected chi connectivity index (χ0v) is 9.52. The number of hydrogen-bond acceptors (Lipinski definition) is 1. The van der Waals surface area contributed by atoms with E-state index in [-0.39, 0.29) is 12.0 Å². The predicted octanol–water partition coefficient (Wildman–Crippen LogP) is 3.63. The van der Waals surface area contributed by atoms with Crippen LogP contribution in [0.4, 0.5) is 17.6 Å². The first-order chi connectivity index (χ1) is 7.85. The van der Waals surface area contributed by atoms with Crippen LogP contribution < -0.4 is 5.73 Å². The van der Waals surface area contributed by atoms with Gasteiger partial charge in [-0.2, -0.15) is 13.2 Å². The Labute approximate surface area is 97.6 Å². The van der Waals surface area contributed by atoms with Crippen molar-refractivity contribution in [2.45, 2.75) is 31.6 Å². The van der Waals surface area contributed by atoms with Gasteiger partial charge in [0, 0.05) is 12.1 Å². The Hall–Kier alpha value is -1.10. The molecule has 1 nitrogen and oxygen atoms in total. The van der Waals surface area contributed by atoms with Crippen LogP contribution in [0.1, 0.15) is 30.9 Å². The van der Waals surface area contributed by atoms with Crippen molar-refractivity contribution in [1.82, 2.24) is 0 Å². The number of benzene rings is 1. The summed E-state index contributed by atoms with van der Waals surface area (Å²) in [5, 5.41) is 0. The van der Waals surface area contributed by atoms with Gasteiger partial charge in [0.25, 0.3) is 0 Å². The van der Waals surface area contributed by atoms with Gasteiger partial charge in [0.2, 0.25) is 0 Å². The number of alkyl halides is 4. The molecule has 0 saturated carbocycles. The van der Waals surface area contributed by atoms with Crippen molar-refractivity contribution in [2.75, 3.05) is 6.54 Å². The van der Waals surface area contributed by atoms with Gasteiger partial charge in [0.1, 0.15) is 5.67 Å². The van der Waals surface area contributed by atoms with Gasteiger partial charge in [0.15, 0.2) is 0 Å². The molecule has 1 aromatic rings. The molecule has 0 aromatic heterocycles. The maximum Gasteiger partial charge on any atom is 0.416 e. The van der Waals surface area contributed by atoms with E-state index in [9.17, 15) is 17.6 Å². The van der Waals surface area contributed by atoms with Gasteiger partial charge >= 0.3 is 6.18 Å². The van der Waals surface area contributed by atoms with E-state index in [1.807, 2.05) is 0 Å². The molecule has 1 unspecified atom stereocenters. The van der Waals surface area contributed by atoms with E-state index in [2.05, 4.69) is 0 Å². The maximum absolute atomic E-state index is 14.4. The number of nitrogens with two attached hydrogens (primary N) is 1. The molecule has 1 rings (SSSR count). The highest BCUT2D eigenvalue weighted by molar-refractivity contribution is 5.35. The fraction of sp³-hybridized carbons (Fsp3) is 0.500. The molecule has 5 heteroatoms. The SMILES string of the molecule is CCCC(F)(CN)c1ccccc1C(F)(F)F. The predicted molar refractivity (Wildman–Crippen MR) is 58.2 cm³/mol. The van der Waals surface area contributed by atoms with Crippen LogP contribution in [-0.4, -0.2) is 6.54 Å². The molecule has 0 amide bonds. The normalized spacial score (nSPS) is 15.6. The lowest BCUT2D eigenvalue weighted by Gasteiger charge is -2.26. The minimum atomic E-state index is -4.56. The third kappa shape index (κ3) is 2.97. The van der Waals surface area contributed by atoms with Crippen LogP contribution >= 0.6 is 0 Å². The van der Waals surface area contributed by atoms with Crippen molar-refractivity contribution in [1.29, 1.82) is 0 Å². The molecular formula is C12H15F4N. The van der Waals surface area contributed by atoms with Gasteiger partial charge in [-0.15, -0.1) is 0 Å². The van der Waals surface area contributed by atoms with Gasteiger partial charge < -0.3 is 5.73 Å². The van der Waals surface area contributed by atoms with Crippen molar-refractivity contribution >= 4 is 0 Å². The first kappa shape index (κ1) is 14.0. The van der Waals surface area contributed by atoms with Crippen molar-refractivity contribution in [3.05, 3.63) is 35.4 Å². The fourth-order valence-corrected chi connectivity index (χ4v) is 1.86. The van der Waals surface area contributed by atoms with Crippen LogP contribution in [0.25, 0.3) is 0 Å². The zero-order chi connectivity index (χ0) is 13.1. The highest BCUT2D eigenvalue weighted by Gasteiger charge is 2.40. The Morgan fingerprint density at radius 3 is 2.00 bits per heavy atom. The highest BCUT2D eigenvalue weighted by Crippen LogP contribution is 2.40. The molecule has 2 N–H and O–H groups in total. The quantitative estimate of drug-likeness (QED) is 0.810. The minimum Gasteiger partial charge on any atom is -0.327 e. The highest BCUT2D eigenvalue weighted by atomic mass is 19.4. The summed E-state index contributed by atoms with van der Waals surface area (Å²) in [6.45, 7) is 1.26. The van der Waals surface area contributed by atoms with E-state index >= 15 is 0 Å². The van der Waals surface area contributed by atoms with Crippen LogP contribution in [0.3, 0.4) is 0 Å². The van der Waals surface area contributed by atoms with E-state index in [1.54, 1.807) is 6.92 Å².